The summed E-state index contributed by atoms with van der Waals surface area (Å²) in [6.07, 6.45) is 1.63. The van der Waals surface area contributed by atoms with Gasteiger partial charge in [0.1, 0.15) is 0 Å². The van der Waals surface area contributed by atoms with Crippen molar-refractivity contribution in [1.29, 1.82) is 0 Å². The Hall–Kier alpha value is -0.280. The van der Waals surface area contributed by atoms with E-state index in [0.29, 0.717) is 19.1 Å². The second-order valence-electron chi connectivity index (χ2n) is 3.21. The van der Waals surface area contributed by atoms with Crippen LogP contribution in [0.5, 0.6) is 0 Å². The largest absolute Gasteiger partial charge is 0.381 e. The van der Waals surface area contributed by atoms with Crippen molar-refractivity contribution < 1.29 is 9.53 Å². The number of halogens is 1. The maximum absolute atomic E-state index is 10.9. The van der Waals surface area contributed by atoms with E-state index in [0.717, 1.165) is 12.8 Å². The van der Waals surface area contributed by atoms with Crippen LogP contribution in [0.25, 0.3) is 0 Å². The Balaban J connectivity index is 2.53. The van der Waals surface area contributed by atoms with Gasteiger partial charge < -0.3 is 10.1 Å². The molecule has 3 nitrogen and oxygen atoms in total. The van der Waals surface area contributed by atoms with Crippen molar-refractivity contribution >= 4 is 17.5 Å². The van der Waals surface area contributed by atoms with Gasteiger partial charge in [-0.3, -0.25) is 4.79 Å². The minimum atomic E-state index is -0.217. The van der Waals surface area contributed by atoms with Crippen molar-refractivity contribution in [3.8, 4) is 0 Å². The van der Waals surface area contributed by atoms with Crippen LogP contribution in [0.15, 0.2) is 0 Å². The van der Waals surface area contributed by atoms with E-state index in [4.69, 9.17) is 16.3 Å². The van der Waals surface area contributed by atoms with E-state index in [1.54, 1.807) is 0 Å². The van der Waals surface area contributed by atoms with Crippen molar-refractivity contribution in [1.82, 2.24) is 5.32 Å². The Morgan fingerprint density at radius 2 is 2.17 bits per heavy atom. The molecule has 1 heterocycles. The molecular formula is C8H14ClNO2. The molecule has 12 heavy (non-hydrogen) atoms. The van der Waals surface area contributed by atoms with Gasteiger partial charge in [0.15, 0.2) is 0 Å². The molecule has 1 saturated heterocycles. The monoisotopic (exact) mass is 191 g/mol. The maximum atomic E-state index is 10.9. The molecule has 0 aliphatic carbocycles. The molecule has 4 heteroatoms. The van der Waals surface area contributed by atoms with E-state index in [-0.39, 0.29) is 11.4 Å². The number of carbonyl (C=O) groups excluding carboxylic acids is 1. The number of ether oxygens (including phenoxy) is 1. The number of rotatable bonds is 2. The van der Waals surface area contributed by atoms with Gasteiger partial charge in [-0.2, -0.15) is 0 Å². The van der Waals surface area contributed by atoms with E-state index in [1.165, 1.54) is 6.92 Å². The summed E-state index contributed by atoms with van der Waals surface area (Å²) in [4.78, 5) is 10.9. The van der Waals surface area contributed by atoms with Crippen LogP contribution in [0.3, 0.4) is 0 Å². The van der Waals surface area contributed by atoms with Crippen LogP contribution in [-0.4, -0.2) is 30.5 Å². The Kier molecular flexibility index (Phi) is 3.35. The normalized spacial score (nSPS) is 21.8. The SMILES string of the molecule is CC(=O)NC1(CCl)CCOCC1. The zero-order valence-electron chi connectivity index (χ0n) is 7.23. The molecule has 70 valence electrons. The van der Waals surface area contributed by atoms with Crippen LogP contribution in [0.4, 0.5) is 0 Å². The average molecular weight is 192 g/mol. The van der Waals surface area contributed by atoms with Gasteiger partial charge in [0, 0.05) is 26.0 Å². The summed E-state index contributed by atoms with van der Waals surface area (Å²) in [5.41, 5.74) is -0.217. The number of amides is 1. The minimum Gasteiger partial charge on any atom is -0.381 e. The minimum absolute atomic E-state index is 0.0162. The molecule has 1 aliphatic heterocycles. The molecule has 0 spiro atoms. The Labute approximate surface area is 77.4 Å². The summed E-state index contributed by atoms with van der Waals surface area (Å²) < 4.78 is 5.20. The summed E-state index contributed by atoms with van der Waals surface area (Å²) in [6, 6.07) is 0. The summed E-state index contributed by atoms with van der Waals surface area (Å²) in [6.45, 7) is 2.89. The van der Waals surface area contributed by atoms with Crippen LogP contribution >= 0.6 is 11.6 Å². The van der Waals surface area contributed by atoms with E-state index < -0.39 is 0 Å². The van der Waals surface area contributed by atoms with E-state index in [2.05, 4.69) is 5.32 Å². The molecule has 0 aromatic rings. The van der Waals surface area contributed by atoms with Crippen LogP contribution in [0, 0.1) is 0 Å². The Bertz CT molecular complexity index is 166. The van der Waals surface area contributed by atoms with Gasteiger partial charge in [-0.05, 0) is 12.8 Å². The zero-order valence-corrected chi connectivity index (χ0v) is 7.99. The second kappa shape index (κ2) is 4.10. The summed E-state index contributed by atoms with van der Waals surface area (Å²) in [7, 11) is 0. The molecule has 0 atom stereocenters. The van der Waals surface area contributed by atoms with E-state index >= 15 is 0 Å². The predicted octanol–water partition coefficient (Wildman–Crippen LogP) is 0.911. The fourth-order valence-corrected chi connectivity index (χ4v) is 1.76. The van der Waals surface area contributed by atoms with Crippen molar-refractivity contribution in [3.63, 3.8) is 0 Å². The lowest BCUT2D eigenvalue weighted by molar-refractivity contribution is -0.121. The molecule has 0 saturated carbocycles. The van der Waals surface area contributed by atoms with Crippen LogP contribution in [-0.2, 0) is 9.53 Å². The number of carbonyl (C=O) groups is 1. The summed E-state index contributed by atoms with van der Waals surface area (Å²) >= 11 is 5.81. The van der Waals surface area contributed by atoms with E-state index in [1.807, 2.05) is 0 Å². The third-order valence-electron chi connectivity index (χ3n) is 2.15. The van der Waals surface area contributed by atoms with E-state index in [9.17, 15) is 4.79 Å². The standard InChI is InChI=1S/C8H14ClNO2/c1-7(11)10-8(6-9)2-4-12-5-3-8/h2-6H2,1H3,(H,10,11). The molecule has 1 amide bonds. The smallest absolute Gasteiger partial charge is 0.217 e. The molecular weight excluding hydrogens is 178 g/mol. The molecule has 0 aromatic heterocycles. The molecule has 1 N–H and O–H groups in total. The van der Waals surface area contributed by atoms with Gasteiger partial charge in [0.05, 0.1) is 5.54 Å². The molecule has 1 aliphatic rings. The van der Waals surface area contributed by atoms with Gasteiger partial charge in [-0.25, -0.2) is 0 Å². The average Bonchev–Trinajstić information content (AvgIpc) is 2.05. The molecule has 0 radical (unpaired) electrons. The first-order valence-corrected chi connectivity index (χ1v) is 4.64. The first-order chi connectivity index (χ1) is 5.68. The molecule has 1 rings (SSSR count). The second-order valence-corrected chi connectivity index (χ2v) is 3.47. The fraction of sp³-hybridized carbons (Fsp3) is 0.875. The Morgan fingerprint density at radius 1 is 1.58 bits per heavy atom. The van der Waals surface area contributed by atoms with Crippen molar-refractivity contribution in [2.75, 3.05) is 19.1 Å². The Morgan fingerprint density at radius 3 is 2.58 bits per heavy atom. The molecule has 1 fully saturated rings. The molecule has 0 unspecified atom stereocenters. The zero-order chi connectivity index (χ0) is 9.03. The van der Waals surface area contributed by atoms with Crippen molar-refractivity contribution in [3.05, 3.63) is 0 Å². The first-order valence-electron chi connectivity index (χ1n) is 4.11. The molecule has 0 bridgehead atoms. The summed E-state index contributed by atoms with van der Waals surface area (Å²) in [5, 5.41) is 2.89. The number of alkyl halides is 1. The number of hydrogen-bond donors (Lipinski definition) is 1. The third-order valence-corrected chi connectivity index (χ3v) is 2.66. The van der Waals surface area contributed by atoms with Crippen LogP contribution in [0.2, 0.25) is 0 Å². The van der Waals surface area contributed by atoms with Crippen LogP contribution in [0.1, 0.15) is 19.8 Å². The number of hydrogen-bond acceptors (Lipinski definition) is 2. The lowest BCUT2D eigenvalue weighted by Gasteiger charge is -2.35. The van der Waals surface area contributed by atoms with Crippen molar-refractivity contribution in [2.24, 2.45) is 0 Å². The number of nitrogens with one attached hydrogen (secondary N) is 1. The maximum Gasteiger partial charge on any atom is 0.217 e. The predicted molar refractivity (Wildman–Crippen MR) is 47.3 cm³/mol. The highest BCUT2D eigenvalue weighted by Gasteiger charge is 2.32. The first kappa shape index (κ1) is 9.81. The lowest BCUT2D eigenvalue weighted by Crippen LogP contribution is -2.52. The van der Waals surface area contributed by atoms with Gasteiger partial charge in [0.25, 0.3) is 0 Å². The third kappa shape index (κ3) is 2.35. The van der Waals surface area contributed by atoms with Gasteiger partial charge in [-0.1, -0.05) is 0 Å². The van der Waals surface area contributed by atoms with Gasteiger partial charge in [0.2, 0.25) is 5.91 Å². The topological polar surface area (TPSA) is 38.3 Å². The summed E-state index contributed by atoms with van der Waals surface area (Å²) in [5.74, 6) is 0.452. The van der Waals surface area contributed by atoms with Gasteiger partial charge in [-0.15, -0.1) is 11.6 Å². The van der Waals surface area contributed by atoms with Crippen LogP contribution < -0.4 is 5.32 Å². The lowest BCUT2D eigenvalue weighted by atomic mass is 9.92. The fourth-order valence-electron chi connectivity index (χ4n) is 1.43. The highest BCUT2D eigenvalue weighted by atomic mass is 35.5. The quantitative estimate of drug-likeness (QED) is 0.659. The van der Waals surface area contributed by atoms with Gasteiger partial charge >= 0.3 is 0 Å². The highest BCUT2D eigenvalue weighted by molar-refractivity contribution is 6.18. The van der Waals surface area contributed by atoms with Crippen molar-refractivity contribution in [2.45, 2.75) is 25.3 Å². The molecule has 0 aromatic carbocycles. The highest BCUT2D eigenvalue weighted by Crippen LogP contribution is 2.21.